The molecule has 5 atom stereocenters. The highest BCUT2D eigenvalue weighted by Gasteiger charge is 2.56. The van der Waals surface area contributed by atoms with Crippen LogP contribution in [0.2, 0.25) is 0 Å². The molecule has 140 valence electrons. The van der Waals surface area contributed by atoms with Crippen LogP contribution < -0.4 is 0 Å². The first-order valence-electron chi connectivity index (χ1n) is 9.55. The van der Waals surface area contributed by atoms with E-state index in [-0.39, 0.29) is 35.1 Å². The van der Waals surface area contributed by atoms with Gasteiger partial charge in [-0.25, -0.2) is 0 Å². The van der Waals surface area contributed by atoms with Crippen LogP contribution in [0.5, 0.6) is 0 Å². The van der Waals surface area contributed by atoms with Gasteiger partial charge < -0.3 is 4.74 Å². The second-order valence-corrected chi connectivity index (χ2v) is 8.92. The van der Waals surface area contributed by atoms with Crippen LogP contribution in [0.3, 0.4) is 0 Å². The van der Waals surface area contributed by atoms with Crippen molar-refractivity contribution in [1.29, 1.82) is 0 Å². The molecule has 2 aliphatic rings. The van der Waals surface area contributed by atoms with Crippen molar-refractivity contribution >= 4 is 11.8 Å². The minimum Gasteiger partial charge on any atom is -0.458 e. The van der Waals surface area contributed by atoms with Gasteiger partial charge in [-0.15, -0.1) is 0 Å². The average Bonchev–Trinajstić information content (AvgIpc) is 2.76. The lowest BCUT2D eigenvalue weighted by atomic mass is 9.58. The Kier molecular flexibility index (Phi) is 5.65. The lowest BCUT2D eigenvalue weighted by Gasteiger charge is -2.46. The topological polar surface area (TPSA) is 43.4 Å². The van der Waals surface area contributed by atoms with E-state index in [1.54, 1.807) is 0 Å². The Bertz CT molecular complexity index is 598. The Morgan fingerprint density at radius 3 is 2.56 bits per heavy atom. The van der Waals surface area contributed by atoms with E-state index in [0.29, 0.717) is 17.8 Å². The van der Waals surface area contributed by atoms with Gasteiger partial charge in [0, 0.05) is 18.3 Å². The Morgan fingerprint density at radius 2 is 2.00 bits per heavy atom. The first kappa shape index (κ1) is 19.9. The molecule has 0 spiro atoms. The molecule has 0 bridgehead atoms. The highest BCUT2D eigenvalue weighted by atomic mass is 16.5. The van der Waals surface area contributed by atoms with Crippen LogP contribution in [0.4, 0.5) is 0 Å². The third-order valence-corrected chi connectivity index (χ3v) is 6.70. The van der Waals surface area contributed by atoms with E-state index < -0.39 is 0 Å². The maximum absolute atomic E-state index is 12.8. The zero-order valence-electron chi connectivity index (χ0n) is 16.9. The highest BCUT2D eigenvalue weighted by Crippen LogP contribution is 2.61. The van der Waals surface area contributed by atoms with Gasteiger partial charge in [0.05, 0.1) is 0 Å². The number of ether oxygens (including phenoxy) is 1. The summed E-state index contributed by atoms with van der Waals surface area (Å²) in [5.41, 5.74) is 1.51. The number of hydrogen-bond acceptors (Lipinski definition) is 3. The van der Waals surface area contributed by atoms with Crippen LogP contribution in [0.15, 0.2) is 23.8 Å². The summed E-state index contributed by atoms with van der Waals surface area (Å²) in [5.74, 6) is 0.967. The van der Waals surface area contributed by atoms with Gasteiger partial charge in [-0.05, 0) is 42.9 Å². The largest absolute Gasteiger partial charge is 0.458 e. The predicted octanol–water partition coefficient (Wildman–Crippen LogP) is 4.97. The molecule has 3 heteroatoms. The quantitative estimate of drug-likeness (QED) is 0.522. The van der Waals surface area contributed by atoms with Crippen molar-refractivity contribution in [2.24, 2.45) is 34.5 Å². The standard InChI is InChI=1S/C22H34O3/c1-8-10-21(5,6)17-9-11-22(7)18(15(17)3)12-14(2)20(22)19(24)13-25-16(4)23/h8-10,14-15,18,20H,11-13H2,1-7H3/b10-8-/t14-,15?,18?,20-,22+/m1/s1. The number of esters is 1. The third kappa shape index (κ3) is 3.61. The van der Waals surface area contributed by atoms with Crippen LogP contribution in [0.25, 0.3) is 0 Å². The molecule has 2 rings (SSSR count). The Labute approximate surface area is 152 Å². The fourth-order valence-electron chi connectivity index (χ4n) is 5.78. The summed E-state index contributed by atoms with van der Waals surface area (Å²) < 4.78 is 5.01. The van der Waals surface area contributed by atoms with Gasteiger partial charge in [0.25, 0.3) is 0 Å². The van der Waals surface area contributed by atoms with Gasteiger partial charge in [-0.1, -0.05) is 58.4 Å². The van der Waals surface area contributed by atoms with E-state index >= 15 is 0 Å². The van der Waals surface area contributed by atoms with E-state index in [0.717, 1.165) is 12.8 Å². The molecule has 0 saturated heterocycles. The van der Waals surface area contributed by atoms with Crippen molar-refractivity contribution in [1.82, 2.24) is 0 Å². The second kappa shape index (κ2) is 7.09. The second-order valence-electron chi connectivity index (χ2n) is 8.92. The van der Waals surface area contributed by atoms with Gasteiger partial charge in [-0.3, -0.25) is 9.59 Å². The number of fused-ring (bicyclic) bond motifs is 1. The highest BCUT2D eigenvalue weighted by molar-refractivity contribution is 5.85. The number of Topliss-reactive ketones (excluding diaryl/α,β-unsaturated/α-hetero) is 1. The summed E-state index contributed by atoms with van der Waals surface area (Å²) in [6.45, 7) is 14.7. The first-order chi connectivity index (χ1) is 11.5. The van der Waals surface area contributed by atoms with E-state index in [9.17, 15) is 9.59 Å². The maximum Gasteiger partial charge on any atom is 0.303 e. The molecule has 0 aromatic rings. The van der Waals surface area contributed by atoms with Crippen molar-refractivity contribution in [2.45, 2.75) is 61.3 Å². The molecule has 25 heavy (non-hydrogen) atoms. The number of carbonyl (C=O) groups excluding carboxylic acids is 2. The van der Waals surface area contributed by atoms with Gasteiger partial charge in [-0.2, -0.15) is 0 Å². The van der Waals surface area contributed by atoms with Gasteiger partial charge >= 0.3 is 5.97 Å². The molecule has 3 nitrogen and oxygen atoms in total. The van der Waals surface area contributed by atoms with E-state index in [4.69, 9.17) is 4.74 Å². The summed E-state index contributed by atoms with van der Waals surface area (Å²) in [4.78, 5) is 23.9. The van der Waals surface area contributed by atoms with Crippen molar-refractivity contribution in [3.63, 3.8) is 0 Å². The van der Waals surface area contributed by atoms with Crippen molar-refractivity contribution in [3.05, 3.63) is 23.8 Å². The summed E-state index contributed by atoms with van der Waals surface area (Å²) >= 11 is 0. The Balaban J connectivity index is 2.30. The molecular weight excluding hydrogens is 312 g/mol. The Morgan fingerprint density at radius 1 is 1.36 bits per heavy atom. The molecule has 0 aromatic carbocycles. The van der Waals surface area contributed by atoms with Crippen LogP contribution in [0.1, 0.15) is 61.3 Å². The minimum atomic E-state index is -0.381. The van der Waals surface area contributed by atoms with Crippen LogP contribution in [-0.4, -0.2) is 18.4 Å². The van der Waals surface area contributed by atoms with Gasteiger partial charge in [0.2, 0.25) is 0 Å². The zero-order valence-corrected chi connectivity index (χ0v) is 16.9. The minimum absolute atomic E-state index is 0.0260. The molecule has 1 fully saturated rings. The van der Waals surface area contributed by atoms with Crippen molar-refractivity contribution in [2.75, 3.05) is 6.61 Å². The van der Waals surface area contributed by atoms with Crippen LogP contribution >= 0.6 is 0 Å². The number of hydrogen-bond donors (Lipinski definition) is 0. The van der Waals surface area contributed by atoms with Gasteiger partial charge in [0.1, 0.15) is 6.61 Å². The lowest BCUT2D eigenvalue weighted by molar-refractivity contribution is -0.148. The molecule has 0 amide bonds. The SMILES string of the molecule is C/C=C\C(C)(C)C1=CC[C@@]2(C)C(C[C@@H](C)[C@@H]2C(=O)COC(C)=O)C1C. The monoisotopic (exact) mass is 346 g/mol. The molecule has 2 aliphatic carbocycles. The summed E-state index contributed by atoms with van der Waals surface area (Å²) in [5, 5.41) is 0. The number of carbonyl (C=O) groups is 2. The van der Waals surface area contributed by atoms with Crippen molar-refractivity contribution in [3.8, 4) is 0 Å². The smallest absolute Gasteiger partial charge is 0.303 e. The maximum atomic E-state index is 12.8. The van der Waals surface area contributed by atoms with E-state index in [1.165, 1.54) is 12.5 Å². The molecule has 2 unspecified atom stereocenters. The Hall–Kier alpha value is -1.38. The zero-order chi connectivity index (χ0) is 19.0. The normalized spacial score (nSPS) is 35.4. The predicted molar refractivity (Wildman–Crippen MR) is 101 cm³/mol. The van der Waals surface area contributed by atoms with Crippen LogP contribution in [-0.2, 0) is 14.3 Å². The fourth-order valence-corrected chi connectivity index (χ4v) is 5.78. The fraction of sp³-hybridized carbons (Fsp3) is 0.727. The number of rotatable bonds is 5. The molecule has 1 saturated carbocycles. The lowest BCUT2D eigenvalue weighted by Crippen LogP contribution is -2.42. The summed E-state index contributed by atoms with van der Waals surface area (Å²) in [6, 6.07) is 0. The average molecular weight is 347 g/mol. The molecule has 0 aliphatic heterocycles. The number of allylic oxidation sites excluding steroid dienone is 4. The molecule has 0 N–H and O–H groups in total. The summed E-state index contributed by atoms with van der Waals surface area (Å²) in [7, 11) is 0. The van der Waals surface area contributed by atoms with Crippen molar-refractivity contribution < 1.29 is 14.3 Å². The molecule has 0 aromatic heterocycles. The molecule has 0 heterocycles. The van der Waals surface area contributed by atoms with E-state index in [2.05, 4.69) is 59.8 Å². The third-order valence-electron chi connectivity index (χ3n) is 6.70. The first-order valence-corrected chi connectivity index (χ1v) is 9.55. The molecule has 0 radical (unpaired) electrons. The van der Waals surface area contributed by atoms with E-state index in [1.807, 2.05) is 0 Å². The number of ketones is 1. The van der Waals surface area contributed by atoms with Crippen LogP contribution in [0, 0.1) is 34.5 Å². The summed E-state index contributed by atoms with van der Waals surface area (Å²) in [6.07, 6.45) is 8.78. The van der Waals surface area contributed by atoms with Gasteiger partial charge in [0.15, 0.2) is 5.78 Å². The molecular formula is C22H34O3.